The predicted octanol–water partition coefficient (Wildman–Crippen LogP) is 2.50. The minimum Gasteiger partial charge on any atom is -0.328 e. The molecule has 1 amide bonds. The van der Waals surface area contributed by atoms with Gasteiger partial charge in [0.05, 0.1) is 17.0 Å². The number of anilines is 1. The molecule has 4 aromatic rings. The smallest absolute Gasteiger partial charge is 0.328 e. The topological polar surface area (TPSA) is 104 Å². The monoisotopic (exact) mass is 464 g/mol. The van der Waals surface area contributed by atoms with Crippen LogP contribution in [0.1, 0.15) is 0 Å². The molecule has 0 unspecified atom stereocenters. The summed E-state index contributed by atoms with van der Waals surface area (Å²) >= 11 is 13.3. The number of rotatable bonds is 4. The third-order valence-electron chi connectivity index (χ3n) is 4.46. The van der Waals surface area contributed by atoms with Crippen LogP contribution in [0.2, 0.25) is 10.0 Å². The Bertz CT molecular complexity index is 1420. The molecule has 3 heterocycles. The SMILES string of the molecule is Cn1cnc2c1c(=O)n(CC(=O)Nc1nc(-c3ccc(Cl)cc3Cl)cs1)c(=O)n2C. The number of aromatic nitrogens is 5. The van der Waals surface area contributed by atoms with Crippen LogP contribution in [0.5, 0.6) is 0 Å². The number of nitrogens with zero attached hydrogens (tertiary/aromatic N) is 5. The number of hydrogen-bond donors (Lipinski definition) is 1. The molecule has 154 valence electrons. The molecule has 12 heteroatoms. The molecule has 4 rings (SSSR count). The molecule has 0 fully saturated rings. The maximum absolute atomic E-state index is 12.7. The molecular weight excluding hydrogens is 451 g/mol. The van der Waals surface area contributed by atoms with E-state index in [4.69, 9.17) is 23.2 Å². The maximum atomic E-state index is 12.7. The standard InChI is InChI=1S/C18H14Cl2N6O3S/c1-24-8-21-15-14(24)16(28)26(18(29)25(15)2)6-13(27)23-17-22-12(7-30-17)10-4-3-9(19)5-11(10)20/h3-5,7-8H,6H2,1-2H3,(H,22,23,27). The van der Waals surface area contributed by atoms with Gasteiger partial charge in [-0.3, -0.25) is 14.2 Å². The summed E-state index contributed by atoms with van der Waals surface area (Å²) in [6, 6.07) is 5.03. The summed E-state index contributed by atoms with van der Waals surface area (Å²) in [7, 11) is 3.14. The lowest BCUT2D eigenvalue weighted by atomic mass is 10.2. The van der Waals surface area contributed by atoms with Crippen molar-refractivity contribution in [2.24, 2.45) is 14.1 Å². The van der Waals surface area contributed by atoms with Crippen molar-refractivity contribution in [1.82, 2.24) is 23.7 Å². The number of aryl methyl sites for hydroxylation is 2. The van der Waals surface area contributed by atoms with Crippen molar-refractivity contribution in [1.29, 1.82) is 0 Å². The van der Waals surface area contributed by atoms with Crippen LogP contribution < -0.4 is 16.6 Å². The fourth-order valence-corrected chi connectivity index (χ4v) is 4.22. The summed E-state index contributed by atoms with van der Waals surface area (Å²) in [5.74, 6) is -0.557. The van der Waals surface area contributed by atoms with Gasteiger partial charge in [0.15, 0.2) is 16.3 Å². The second-order valence-electron chi connectivity index (χ2n) is 6.47. The molecule has 0 spiro atoms. The van der Waals surface area contributed by atoms with Crippen molar-refractivity contribution in [3.63, 3.8) is 0 Å². The zero-order chi connectivity index (χ0) is 21.6. The Morgan fingerprint density at radius 1 is 1.23 bits per heavy atom. The zero-order valence-corrected chi connectivity index (χ0v) is 18.0. The number of hydrogen-bond acceptors (Lipinski definition) is 6. The van der Waals surface area contributed by atoms with E-state index >= 15 is 0 Å². The Balaban J connectivity index is 1.59. The van der Waals surface area contributed by atoms with E-state index in [1.165, 1.54) is 33.8 Å². The minimum absolute atomic E-state index is 0.235. The number of halogens is 2. The first-order valence-corrected chi connectivity index (χ1v) is 10.2. The number of carbonyl (C=O) groups excluding carboxylic acids is 1. The molecule has 30 heavy (non-hydrogen) atoms. The van der Waals surface area contributed by atoms with Crippen LogP contribution in [0.3, 0.4) is 0 Å². The number of amides is 1. The Morgan fingerprint density at radius 3 is 2.73 bits per heavy atom. The van der Waals surface area contributed by atoms with Crippen LogP contribution in [-0.4, -0.2) is 29.6 Å². The van der Waals surface area contributed by atoms with E-state index in [0.717, 1.165) is 4.57 Å². The molecule has 0 bridgehead atoms. The van der Waals surface area contributed by atoms with Crippen molar-refractivity contribution >= 4 is 56.7 Å². The van der Waals surface area contributed by atoms with E-state index in [-0.39, 0.29) is 11.2 Å². The number of carbonyl (C=O) groups is 1. The molecule has 3 aromatic heterocycles. The Labute approximate surface area is 183 Å². The molecule has 0 radical (unpaired) electrons. The third kappa shape index (κ3) is 3.53. The lowest BCUT2D eigenvalue weighted by molar-refractivity contribution is -0.116. The van der Waals surface area contributed by atoms with Gasteiger partial charge in [0.25, 0.3) is 5.56 Å². The van der Waals surface area contributed by atoms with Gasteiger partial charge in [0, 0.05) is 30.1 Å². The molecule has 0 atom stereocenters. The molecular formula is C18H14Cl2N6O3S. The van der Waals surface area contributed by atoms with Gasteiger partial charge in [-0.15, -0.1) is 11.3 Å². The van der Waals surface area contributed by atoms with E-state index < -0.39 is 23.7 Å². The second-order valence-corrected chi connectivity index (χ2v) is 8.17. The van der Waals surface area contributed by atoms with Gasteiger partial charge in [-0.2, -0.15) is 0 Å². The number of imidazole rings is 1. The molecule has 0 saturated carbocycles. The lowest BCUT2D eigenvalue weighted by Crippen LogP contribution is -2.42. The van der Waals surface area contributed by atoms with Crippen LogP contribution in [0.4, 0.5) is 5.13 Å². The summed E-state index contributed by atoms with van der Waals surface area (Å²) in [5.41, 5.74) is 0.517. The van der Waals surface area contributed by atoms with E-state index in [0.29, 0.717) is 26.4 Å². The van der Waals surface area contributed by atoms with E-state index in [9.17, 15) is 14.4 Å². The van der Waals surface area contributed by atoms with E-state index in [2.05, 4.69) is 15.3 Å². The summed E-state index contributed by atoms with van der Waals surface area (Å²) in [4.78, 5) is 46.1. The molecule has 0 aliphatic heterocycles. The first-order chi connectivity index (χ1) is 14.3. The normalized spacial score (nSPS) is 11.2. The maximum Gasteiger partial charge on any atom is 0.332 e. The number of fused-ring (bicyclic) bond motifs is 1. The summed E-state index contributed by atoms with van der Waals surface area (Å²) in [5, 5.41) is 5.60. The van der Waals surface area contributed by atoms with Gasteiger partial charge in [-0.05, 0) is 18.2 Å². The van der Waals surface area contributed by atoms with Gasteiger partial charge >= 0.3 is 5.69 Å². The van der Waals surface area contributed by atoms with Crippen molar-refractivity contribution in [3.8, 4) is 11.3 Å². The molecule has 1 aromatic carbocycles. The summed E-state index contributed by atoms with van der Waals surface area (Å²) < 4.78 is 3.60. The lowest BCUT2D eigenvalue weighted by Gasteiger charge is -2.08. The van der Waals surface area contributed by atoms with Crippen molar-refractivity contribution in [2.75, 3.05) is 5.32 Å². The first kappa shape index (κ1) is 20.3. The molecule has 0 aliphatic carbocycles. The highest BCUT2D eigenvalue weighted by Gasteiger charge is 2.18. The number of nitrogens with one attached hydrogen (secondary N) is 1. The summed E-state index contributed by atoms with van der Waals surface area (Å²) in [6.45, 7) is -0.455. The van der Waals surface area contributed by atoms with Crippen LogP contribution in [0, 0.1) is 0 Å². The summed E-state index contributed by atoms with van der Waals surface area (Å²) in [6.07, 6.45) is 1.44. The number of benzene rings is 1. The van der Waals surface area contributed by atoms with Crippen LogP contribution in [-0.2, 0) is 25.4 Å². The van der Waals surface area contributed by atoms with Crippen LogP contribution >= 0.6 is 34.5 Å². The third-order valence-corrected chi connectivity index (χ3v) is 5.77. The Kier molecular flexibility index (Phi) is 5.22. The fourth-order valence-electron chi connectivity index (χ4n) is 2.99. The Hall–Kier alpha value is -2.95. The highest BCUT2D eigenvalue weighted by molar-refractivity contribution is 7.14. The van der Waals surface area contributed by atoms with Gasteiger partial charge in [0.2, 0.25) is 5.91 Å². The number of thiazole rings is 1. The molecule has 0 saturated heterocycles. The van der Waals surface area contributed by atoms with Gasteiger partial charge < -0.3 is 9.88 Å². The van der Waals surface area contributed by atoms with Crippen molar-refractivity contribution in [3.05, 3.63) is 60.8 Å². The average molecular weight is 465 g/mol. The van der Waals surface area contributed by atoms with Gasteiger partial charge in [-0.25, -0.2) is 19.3 Å². The average Bonchev–Trinajstić information content (AvgIpc) is 3.30. The van der Waals surface area contributed by atoms with Crippen molar-refractivity contribution < 1.29 is 4.79 Å². The van der Waals surface area contributed by atoms with Crippen LogP contribution in [0.25, 0.3) is 22.4 Å². The highest BCUT2D eigenvalue weighted by Crippen LogP contribution is 2.32. The van der Waals surface area contributed by atoms with Gasteiger partial charge in [-0.1, -0.05) is 23.2 Å². The molecule has 9 nitrogen and oxygen atoms in total. The minimum atomic E-state index is -0.630. The quantitative estimate of drug-likeness (QED) is 0.499. The van der Waals surface area contributed by atoms with E-state index in [1.54, 1.807) is 30.6 Å². The van der Waals surface area contributed by atoms with Gasteiger partial charge in [0.1, 0.15) is 6.54 Å². The first-order valence-electron chi connectivity index (χ1n) is 8.58. The van der Waals surface area contributed by atoms with E-state index in [1.807, 2.05) is 0 Å². The highest BCUT2D eigenvalue weighted by atomic mass is 35.5. The van der Waals surface area contributed by atoms with Crippen LogP contribution in [0.15, 0.2) is 39.5 Å². The largest absolute Gasteiger partial charge is 0.332 e. The molecule has 1 N–H and O–H groups in total. The molecule has 0 aliphatic rings. The predicted molar refractivity (Wildman–Crippen MR) is 116 cm³/mol. The zero-order valence-electron chi connectivity index (χ0n) is 15.7. The fraction of sp³-hybridized carbons (Fsp3) is 0.167. The second kappa shape index (κ2) is 7.71. The van der Waals surface area contributed by atoms with Crippen molar-refractivity contribution in [2.45, 2.75) is 6.54 Å². The Morgan fingerprint density at radius 2 is 2.00 bits per heavy atom.